The molecule has 1 aromatic carbocycles. The zero-order valence-corrected chi connectivity index (χ0v) is 13.1. The summed E-state index contributed by atoms with van der Waals surface area (Å²) in [6.45, 7) is 2.88. The maximum absolute atomic E-state index is 10.8. The molecule has 2 heterocycles. The average molecular weight is 331 g/mol. The fourth-order valence-electron chi connectivity index (χ4n) is 1.99. The molecule has 0 unspecified atom stereocenters. The summed E-state index contributed by atoms with van der Waals surface area (Å²) in [5.41, 5.74) is 0.544. The lowest BCUT2D eigenvalue weighted by molar-refractivity contribution is -0.384. The number of imidazole rings is 1. The van der Waals surface area contributed by atoms with Crippen LogP contribution in [0, 0.1) is 10.1 Å². The van der Waals surface area contributed by atoms with Crippen LogP contribution in [-0.4, -0.2) is 24.6 Å². The minimum Gasteiger partial charge on any atom is -0.338 e. The lowest BCUT2D eigenvalue weighted by Gasteiger charge is -2.01. The number of non-ortho nitro benzene ring substituents is 1. The fraction of sp³-hybridized carbons (Fsp3) is 0.214. The highest BCUT2D eigenvalue weighted by atomic mass is 32.2. The van der Waals surface area contributed by atoms with Gasteiger partial charge in [0.05, 0.1) is 10.7 Å². The second-order valence-electron chi connectivity index (χ2n) is 4.60. The van der Waals surface area contributed by atoms with Crippen molar-refractivity contribution in [2.24, 2.45) is 0 Å². The van der Waals surface area contributed by atoms with Gasteiger partial charge in [0.1, 0.15) is 0 Å². The second kappa shape index (κ2) is 6.61. The van der Waals surface area contributed by atoms with Gasteiger partial charge in [0.15, 0.2) is 5.16 Å². The third-order valence-electron chi connectivity index (χ3n) is 3.13. The summed E-state index contributed by atoms with van der Waals surface area (Å²) in [6, 6.07) is 6.14. The number of rotatable bonds is 6. The number of hydrogen-bond donors (Lipinski definition) is 0. The first-order chi connectivity index (χ1) is 11.2. The van der Waals surface area contributed by atoms with Crippen LogP contribution in [0.5, 0.6) is 0 Å². The molecule has 9 heteroatoms. The van der Waals surface area contributed by atoms with Crippen LogP contribution >= 0.6 is 11.8 Å². The van der Waals surface area contributed by atoms with E-state index in [0.717, 1.165) is 11.7 Å². The third-order valence-corrected chi connectivity index (χ3v) is 4.12. The molecule has 0 atom stereocenters. The van der Waals surface area contributed by atoms with Crippen LogP contribution in [0.25, 0.3) is 11.4 Å². The molecule has 3 aromatic rings. The number of thioether (sulfide) groups is 1. The summed E-state index contributed by atoms with van der Waals surface area (Å²) in [5.74, 6) is 1.27. The molecule has 0 radical (unpaired) electrons. The second-order valence-corrected chi connectivity index (χ2v) is 5.55. The Labute approximate surface area is 135 Å². The van der Waals surface area contributed by atoms with Crippen molar-refractivity contribution in [1.82, 2.24) is 19.7 Å². The van der Waals surface area contributed by atoms with Gasteiger partial charge in [-0.2, -0.15) is 4.98 Å². The van der Waals surface area contributed by atoms with Crippen molar-refractivity contribution in [1.29, 1.82) is 0 Å². The van der Waals surface area contributed by atoms with Gasteiger partial charge in [0, 0.05) is 36.6 Å². The molecule has 0 aliphatic rings. The summed E-state index contributed by atoms with van der Waals surface area (Å²) in [5, 5.41) is 15.6. The lowest BCUT2D eigenvalue weighted by atomic mass is 10.2. The van der Waals surface area contributed by atoms with Crippen LogP contribution in [0.3, 0.4) is 0 Å². The van der Waals surface area contributed by atoms with E-state index < -0.39 is 4.92 Å². The molecule has 0 spiro atoms. The topological polar surface area (TPSA) is 99.9 Å². The zero-order chi connectivity index (χ0) is 16.2. The van der Waals surface area contributed by atoms with Crippen molar-refractivity contribution >= 4 is 17.4 Å². The maximum atomic E-state index is 10.8. The Morgan fingerprint density at radius 3 is 3.09 bits per heavy atom. The number of aryl methyl sites for hydroxylation is 1. The van der Waals surface area contributed by atoms with Gasteiger partial charge >= 0.3 is 0 Å². The van der Waals surface area contributed by atoms with E-state index in [0.29, 0.717) is 23.0 Å². The predicted octanol–water partition coefficient (Wildman–Crippen LogP) is 3.15. The van der Waals surface area contributed by atoms with E-state index in [2.05, 4.69) is 15.1 Å². The summed E-state index contributed by atoms with van der Waals surface area (Å²) < 4.78 is 7.22. The Balaban J connectivity index is 1.73. The van der Waals surface area contributed by atoms with Crippen molar-refractivity contribution in [3.05, 3.63) is 52.7 Å². The van der Waals surface area contributed by atoms with E-state index >= 15 is 0 Å². The molecular formula is C14H13N5O3S. The van der Waals surface area contributed by atoms with Crippen molar-refractivity contribution < 1.29 is 9.45 Å². The average Bonchev–Trinajstić information content (AvgIpc) is 3.21. The quantitative estimate of drug-likeness (QED) is 0.388. The Bertz CT molecular complexity index is 829. The highest BCUT2D eigenvalue weighted by Crippen LogP contribution is 2.24. The minimum atomic E-state index is -0.453. The number of nitrogens with zero attached hydrogens (tertiary/aromatic N) is 5. The summed E-state index contributed by atoms with van der Waals surface area (Å²) in [6.07, 6.45) is 3.65. The third kappa shape index (κ3) is 3.39. The molecule has 0 bridgehead atoms. The van der Waals surface area contributed by atoms with Crippen LogP contribution in [0.1, 0.15) is 12.8 Å². The minimum absolute atomic E-state index is 0.00630. The van der Waals surface area contributed by atoms with Crippen molar-refractivity contribution in [3.63, 3.8) is 0 Å². The molecule has 118 valence electrons. The largest absolute Gasteiger partial charge is 0.338 e. The molecule has 0 N–H and O–H groups in total. The van der Waals surface area contributed by atoms with E-state index in [1.54, 1.807) is 18.3 Å². The van der Waals surface area contributed by atoms with Gasteiger partial charge in [-0.25, -0.2) is 4.98 Å². The Morgan fingerprint density at radius 2 is 2.30 bits per heavy atom. The molecule has 23 heavy (non-hydrogen) atoms. The van der Waals surface area contributed by atoms with Gasteiger partial charge < -0.3 is 9.09 Å². The SMILES string of the molecule is CCn1ccnc1SCc1nc(-c2cccc([N+](=O)[O-])c2)no1. The molecule has 0 saturated heterocycles. The van der Waals surface area contributed by atoms with E-state index in [-0.39, 0.29) is 5.69 Å². The molecule has 0 fully saturated rings. The fourth-order valence-corrected chi connectivity index (χ4v) is 2.85. The van der Waals surface area contributed by atoms with Gasteiger partial charge in [-0.15, -0.1) is 0 Å². The molecule has 8 nitrogen and oxygen atoms in total. The number of benzene rings is 1. The zero-order valence-electron chi connectivity index (χ0n) is 12.2. The van der Waals surface area contributed by atoms with E-state index in [1.807, 2.05) is 17.7 Å². The lowest BCUT2D eigenvalue weighted by Crippen LogP contribution is -1.94. The van der Waals surface area contributed by atoms with Crippen molar-refractivity contribution in [2.45, 2.75) is 24.4 Å². The molecular weight excluding hydrogens is 318 g/mol. The first-order valence-electron chi connectivity index (χ1n) is 6.88. The highest BCUT2D eigenvalue weighted by Gasteiger charge is 2.13. The number of hydrogen-bond acceptors (Lipinski definition) is 7. The monoisotopic (exact) mass is 331 g/mol. The Hall–Kier alpha value is -2.68. The molecule has 3 rings (SSSR count). The van der Waals surface area contributed by atoms with Crippen LogP contribution in [0.15, 0.2) is 46.3 Å². The summed E-state index contributed by atoms with van der Waals surface area (Å²) >= 11 is 1.50. The first-order valence-corrected chi connectivity index (χ1v) is 7.87. The Morgan fingerprint density at radius 1 is 1.43 bits per heavy atom. The van der Waals surface area contributed by atoms with E-state index in [4.69, 9.17) is 4.52 Å². The number of aromatic nitrogens is 4. The van der Waals surface area contributed by atoms with Gasteiger partial charge in [0.2, 0.25) is 11.7 Å². The normalized spacial score (nSPS) is 10.8. The van der Waals surface area contributed by atoms with E-state index in [1.165, 1.54) is 23.9 Å². The van der Waals surface area contributed by atoms with Crippen LogP contribution in [-0.2, 0) is 12.3 Å². The summed E-state index contributed by atoms with van der Waals surface area (Å²) in [4.78, 5) is 18.9. The molecule has 2 aromatic heterocycles. The maximum Gasteiger partial charge on any atom is 0.270 e. The molecule has 0 aliphatic carbocycles. The molecule has 0 aliphatic heterocycles. The highest BCUT2D eigenvalue weighted by molar-refractivity contribution is 7.98. The standard InChI is InChI=1S/C14H13N5O3S/c1-2-18-7-6-15-14(18)23-9-12-16-13(17-22-12)10-4-3-5-11(8-10)19(20)21/h3-8H,2,9H2,1H3. The first kappa shape index (κ1) is 15.2. The van der Waals surface area contributed by atoms with Crippen LogP contribution in [0.4, 0.5) is 5.69 Å². The predicted molar refractivity (Wildman–Crippen MR) is 83.9 cm³/mol. The van der Waals surface area contributed by atoms with Crippen molar-refractivity contribution in [3.8, 4) is 11.4 Å². The molecule has 0 saturated carbocycles. The van der Waals surface area contributed by atoms with E-state index in [9.17, 15) is 10.1 Å². The number of nitro benzene ring substituents is 1. The van der Waals surface area contributed by atoms with Crippen LogP contribution in [0.2, 0.25) is 0 Å². The van der Waals surface area contributed by atoms with Crippen LogP contribution < -0.4 is 0 Å². The number of nitro groups is 1. The van der Waals surface area contributed by atoms with Gasteiger partial charge in [0.25, 0.3) is 5.69 Å². The summed E-state index contributed by atoms with van der Waals surface area (Å²) in [7, 11) is 0. The van der Waals surface area contributed by atoms with Crippen molar-refractivity contribution in [2.75, 3.05) is 0 Å². The van der Waals surface area contributed by atoms with Gasteiger partial charge in [-0.1, -0.05) is 29.1 Å². The molecule has 0 amide bonds. The Kier molecular flexibility index (Phi) is 4.38. The smallest absolute Gasteiger partial charge is 0.270 e. The van der Waals surface area contributed by atoms with Gasteiger partial charge in [-0.05, 0) is 6.92 Å². The van der Waals surface area contributed by atoms with Gasteiger partial charge in [-0.3, -0.25) is 10.1 Å².